The van der Waals surface area contributed by atoms with Gasteiger partial charge in [-0.05, 0) is 30.3 Å². The first-order chi connectivity index (χ1) is 11.4. The summed E-state index contributed by atoms with van der Waals surface area (Å²) in [6, 6.07) is 11.4. The fraction of sp³-hybridized carbons (Fsp3) is 0.235. The van der Waals surface area contributed by atoms with E-state index in [2.05, 4.69) is 5.32 Å². The molecule has 4 nitrogen and oxygen atoms in total. The van der Waals surface area contributed by atoms with E-state index in [1.54, 1.807) is 18.2 Å². The van der Waals surface area contributed by atoms with Crippen molar-refractivity contribution in [3.05, 3.63) is 59.7 Å². The van der Waals surface area contributed by atoms with Crippen molar-refractivity contribution in [1.82, 2.24) is 5.32 Å². The Labute approximate surface area is 136 Å². The Bertz CT molecular complexity index is 746. The zero-order chi connectivity index (χ0) is 17.2. The normalized spacial score (nSPS) is 16.5. The van der Waals surface area contributed by atoms with Gasteiger partial charge in [0, 0.05) is 5.56 Å². The minimum absolute atomic E-state index is 0.0537. The fourth-order valence-electron chi connectivity index (χ4n) is 2.31. The third kappa shape index (κ3) is 3.61. The van der Waals surface area contributed by atoms with Crippen molar-refractivity contribution in [1.29, 1.82) is 0 Å². The highest BCUT2D eigenvalue weighted by Crippen LogP contribution is 2.31. The standard InChI is InChI=1S/C17H14F3NO3/c18-17(19,20)12-5-3-4-11(8-12)16(22)21-9-13-10-23-14-6-1-2-7-15(14)24-13/h1-8,13H,9-10H2,(H,21,22). The molecule has 1 aliphatic heterocycles. The number of benzene rings is 2. The van der Waals surface area contributed by atoms with Crippen molar-refractivity contribution < 1.29 is 27.4 Å². The molecule has 3 rings (SSSR count). The second-order valence-corrected chi connectivity index (χ2v) is 5.29. The summed E-state index contributed by atoms with van der Waals surface area (Å²) < 4.78 is 49.2. The van der Waals surface area contributed by atoms with E-state index in [1.165, 1.54) is 12.1 Å². The highest BCUT2D eigenvalue weighted by Gasteiger charge is 2.31. The van der Waals surface area contributed by atoms with Gasteiger partial charge in [0.15, 0.2) is 11.5 Å². The van der Waals surface area contributed by atoms with Crippen LogP contribution in [0.3, 0.4) is 0 Å². The molecule has 1 aliphatic rings. The molecule has 1 atom stereocenters. The summed E-state index contributed by atoms with van der Waals surface area (Å²) in [5.74, 6) is 0.601. The maximum atomic E-state index is 12.7. The topological polar surface area (TPSA) is 47.6 Å². The lowest BCUT2D eigenvalue weighted by molar-refractivity contribution is -0.137. The summed E-state index contributed by atoms with van der Waals surface area (Å²) in [6.45, 7) is 0.378. The quantitative estimate of drug-likeness (QED) is 0.935. The van der Waals surface area contributed by atoms with Crippen LogP contribution >= 0.6 is 0 Å². The Hall–Kier alpha value is -2.70. The molecule has 2 aromatic rings. The first-order valence-electron chi connectivity index (χ1n) is 7.27. The number of fused-ring (bicyclic) bond motifs is 1. The van der Waals surface area contributed by atoms with Crippen molar-refractivity contribution in [3.63, 3.8) is 0 Å². The average molecular weight is 337 g/mol. The number of halogens is 3. The smallest absolute Gasteiger partial charge is 0.416 e. The summed E-state index contributed by atoms with van der Waals surface area (Å²) >= 11 is 0. The highest BCUT2D eigenvalue weighted by molar-refractivity contribution is 5.94. The molecule has 2 aromatic carbocycles. The maximum Gasteiger partial charge on any atom is 0.416 e. The zero-order valence-electron chi connectivity index (χ0n) is 12.5. The molecule has 0 aromatic heterocycles. The second kappa shape index (κ2) is 6.43. The minimum Gasteiger partial charge on any atom is -0.486 e. The van der Waals surface area contributed by atoms with Crippen LogP contribution in [0.15, 0.2) is 48.5 Å². The number of nitrogens with one attached hydrogen (secondary N) is 1. The molecule has 0 saturated carbocycles. The second-order valence-electron chi connectivity index (χ2n) is 5.29. The molecule has 0 aliphatic carbocycles. The van der Waals surface area contributed by atoms with Crippen molar-refractivity contribution in [2.75, 3.05) is 13.2 Å². The number of ether oxygens (including phenoxy) is 2. The summed E-state index contributed by atoms with van der Waals surface area (Å²) in [4.78, 5) is 12.0. The fourth-order valence-corrected chi connectivity index (χ4v) is 2.31. The van der Waals surface area contributed by atoms with Crippen LogP contribution in [0, 0.1) is 0 Å². The lowest BCUT2D eigenvalue weighted by Crippen LogP contribution is -2.40. The van der Waals surface area contributed by atoms with E-state index in [0.29, 0.717) is 11.5 Å². The number of para-hydroxylation sites is 2. The molecule has 126 valence electrons. The van der Waals surface area contributed by atoms with E-state index in [9.17, 15) is 18.0 Å². The third-order valence-electron chi connectivity index (χ3n) is 3.51. The number of carbonyl (C=O) groups excluding carboxylic acids is 1. The van der Waals surface area contributed by atoms with Gasteiger partial charge in [-0.2, -0.15) is 13.2 Å². The van der Waals surface area contributed by atoms with Gasteiger partial charge in [-0.15, -0.1) is 0 Å². The molecule has 0 radical (unpaired) electrons. The van der Waals surface area contributed by atoms with E-state index in [0.717, 1.165) is 12.1 Å². The Morgan fingerprint density at radius 1 is 1.12 bits per heavy atom. The Kier molecular flexibility index (Phi) is 4.33. The molecule has 1 heterocycles. The summed E-state index contributed by atoms with van der Waals surface area (Å²) in [5.41, 5.74) is -0.914. The van der Waals surface area contributed by atoms with Crippen LogP contribution in [-0.2, 0) is 6.18 Å². The number of hydrogen-bond donors (Lipinski definition) is 1. The molecule has 0 bridgehead atoms. The molecule has 0 saturated heterocycles. The molecule has 24 heavy (non-hydrogen) atoms. The van der Waals surface area contributed by atoms with Crippen LogP contribution < -0.4 is 14.8 Å². The van der Waals surface area contributed by atoms with Gasteiger partial charge < -0.3 is 14.8 Å². The van der Waals surface area contributed by atoms with Gasteiger partial charge in [-0.3, -0.25) is 4.79 Å². The highest BCUT2D eigenvalue weighted by atomic mass is 19.4. The number of carbonyl (C=O) groups is 1. The maximum absolute atomic E-state index is 12.7. The molecule has 1 unspecified atom stereocenters. The number of rotatable bonds is 3. The van der Waals surface area contributed by atoms with E-state index in [4.69, 9.17) is 9.47 Å². The average Bonchev–Trinajstić information content (AvgIpc) is 2.59. The molecular formula is C17H14F3NO3. The van der Waals surface area contributed by atoms with Gasteiger partial charge in [0.2, 0.25) is 0 Å². The van der Waals surface area contributed by atoms with Crippen molar-refractivity contribution in [2.45, 2.75) is 12.3 Å². The SMILES string of the molecule is O=C(NCC1COc2ccccc2O1)c1cccc(C(F)(F)F)c1. The minimum atomic E-state index is -4.49. The first kappa shape index (κ1) is 16.2. The van der Waals surface area contributed by atoms with Crippen LogP contribution in [0.1, 0.15) is 15.9 Å². The predicted octanol–water partition coefficient (Wildman–Crippen LogP) is 3.28. The summed E-state index contributed by atoms with van der Waals surface area (Å²) in [7, 11) is 0. The molecule has 0 fully saturated rings. The predicted molar refractivity (Wildman–Crippen MR) is 80.1 cm³/mol. The Morgan fingerprint density at radius 2 is 1.88 bits per heavy atom. The van der Waals surface area contributed by atoms with Crippen LogP contribution in [0.25, 0.3) is 0 Å². The number of hydrogen-bond acceptors (Lipinski definition) is 3. The first-order valence-corrected chi connectivity index (χ1v) is 7.27. The Morgan fingerprint density at radius 3 is 2.62 bits per heavy atom. The lowest BCUT2D eigenvalue weighted by atomic mass is 10.1. The summed E-state index contributed by atoms with van der Waals surface area (Å²) in [5, 5.41) is 2.57. The van der Waals surface area contributed by atoms with Crippen LogP contribution in [-0.4, -0.2) is 25.2 Å². The van der Waals surface area contributed by atoms with Gasteiger partial charge in [0.25, 0.3) is 5.91 Å². The van der Waals surface area contributed by atoms with Gasteiger partial charge in [-0.1, -0.05) is 18.2 Å². The van der Waals surface area contributed by atoms with E-state index >= 15 is 0 Å². The largest absolute Gasteiger partial charge is 0.486 e. The van der Waals surface area contributed by atoms with Crippen molar-refractivity contribution in [2.24, 2.45) is 0 Å². The van der Waals surface area contributed by atoms with E-state index < -0.39 is 23.8 Å². The molecule has 1 N–H and O–H groups in total. The van der Waals surface area contributed by atoms with E-state index in [1.807, 2.05) is 6.07 Å². The molecule has 7 heteroatoms. The van der Waals surface area contributed by atoms with Crippen molar-refractivity contribution >= 4 is 5.91 Å². The van der Waals surface area contributed by atoms with Gasteiger partial charge in [0.05, 0.1) is 12.1 Å². The summed E-state index contributed by atoms with van der Waals surface area (Å²) in [6.07, 6.45) is -4.89. The van der Waals surface area contributed by atoms with Crippen LogP contribution in [0.5, 0.6) is 11.5 Å². The van der Waals surface area contributed by atoms with Gasteiger partial charge >= 0.3 is 6.18 Å². The van der Waals surface area contributed by atoms with Gasteiger partial charge in [-0.25, -0.2) is 0 Å². The number of alkyl halides is 3. The van der Waals surface area contributed by atoms with Crippen molar-refractivity contribution in [3.8, 4) is 11.5 Å². The number of amides is 1. The van der Waals surface area contributed by atoms with E-state index in [-0.39, 0.29) is 18.7 Å². The van der Waals surface area contributed by atoms with Crippen LogP contribution in [0.2, 0.25) is 0 Å². The molecule has 1 amide bonds. The molecule has 0 spiro atoms. The third-order valence-corrected chi connectivity index (χ3v) is 3.51. The van der Waals surface area contributed by atoms with Crippen LogP contribution in [0.4, 0.5) is 13.2 Å². The van der Waals surface area contributed by atoms with Gasteiger partial charge in [0.1, 0.15) is 12.7 Å². The lowest BCUT2D eigenvalue weighted by Gasteiger charge is -2.26. The monoisotopic (exact) mass is 337 g/mol. The molecular weight excluding hydrogens is 323 g/mol. The zero-order valence-corrected chi connectivity index (χ0v) is 12.5. The Balaban J connectivity index is 1.61.